The molecule has 1 atom stereocenters. The summed E-state index contributed by atoms with van der Waals surface area (Å²) in [7, 11) is 1.31. The zero-order valence-electron chi connectivity index (χ0n) is 14.5. The van der Waals surface area contributed by atoms with E-state index in [0.29, 0.717) is 11.4 Å². The van der Waals surface area contributed by atoms with Crippen LogP contribution in [0.2, 0.25) is 0 Å². The zero-order valence-corrected chi connectivity index (χ0v) is 14.5. The van der Waals surface area contributed by atoms with Gasteiger partial charge in [-0.2, -0.15) is 0 Å². The first-order chi connectivity index (χ1) is 12.0. The molecule has 1 unspecified atom stereocenters. The molecule has 0 spiro atoms. The lowest BCUT2D eigenvalue weighted by atomic mass is 9.70. The Morgan fingerprint density at radius 2 is 1.64 bits per heavy atom. The van der Waals surface area contributed by atoms with E-state index in [2.05, 4.69) is 27.5 Å². The summed E-state index contributed by atoms with van der Waals surface area (Å²) in [4.78, 5) is 24.2. The van der Waals surface area contributed by atoms with Crippen molar-refractivity contribution < 1.29 is 14.3 Å². The number of benzene rings is 2. The number of fused-ring (bicyclic) bond motifs is 1. The molecule has 0 fully saturated rings. The average Bonchev–Trinajstić information content (AvgIpc) is 2.63. The molecule has 1 aliphatic carbocycles. The lowest BCUT2D eigenvalue weighted by Crippen LogP contribution is -2.40. The molecular formula is C20H22N2O3. The van der Waals surface area contributed by atoms with Gasteiger partial charge in [0.15, 0.2) is 0 Å². The van der Waals surface area contributed by atoms with Crippen molar-refractivity contribution in [2.24, 2.45) is 0 Å². The van der Waals surface area contributed by atoms with E-state index >= 15 is 0 Å². The Kier molecular flexibility index (Phi) is 4.74. The molecule has 2 aromatic carbocycles. The van der Waals surface area contributed by atoms with Crippen molar-refractivity contribution in [3.05, 3.63) is 59.7 Å². The van der Waals surface area contributed by atoms with Crippen LogP contribution in [0.5, 0.6) is 0 Å². The summed E-state index contributed by atoms with van der Waals surface area (Å²) in [5.74, 6) is -0.00618. The smallest absolute Gasteiger partial charge is 0.411 e. The monoisotopic (exact) mass is 338 g/mol. The number of hydrogen-bond acceptors (Lipinski definition) is 3. The second-order valence-corrected chi connectivity index (χ2v) is 6.49. The molecule has 5 heteroatoms. The first-order valence-electron chi connectivity index (χ1n) is 8.38. The number of anilines is 2. The van der Waals surface area contributed by atoms with Crippen LogP contribution in [-0.2, 0) is 21.4 Å². The highest BCUT2D eigenvalue weighted by atomic mass is 16.5. The summed E-state index contributed by atoms with van der Waals surface area (Å²) in [6.45, 7) is 2.01. The van der Waals surface area contributed by atoms with Gasteiger partial charge < -0.3 is 10.1 Å². The lowest BCUT2D eigenvalue weighted by molar-refractivity contribution is -0.121. The van der Waals surface area contributed by atoms with E-state index in [1.165, 1.54) is 12.7 Å². The maximum absolute atomic E-state index is 13.0. The summed E-state index contributed by atoms with van der Waals surface area (Å²) in [5.41, 5.74) is 3.15. The van der Waals surface area contributed by atoms with E-state index in [1.54, 1.807) is 24.3 Å². The van der Waals surface area contributed by atoms with Crippen molar-refractivity contribution in [3.63, 3.8) is 0 Å². The van der Waals surface area contributed by atoms with Crippen LogP contribution < -0.4 is 10.6 Å². The number of methoxy groups -OCH3 is 1. The van der Waals surface area contributed by atoms with Crippen LogP contribution in [0.4, 0.5) is 16.2 Å². The molecule has 0 saturated carbocycles. The van der Waals surface area contributed by atoms with Gasteiger partial charge in [0.2, 0.25) is 5.91 Å². The summed E-state index contributed by atoms with van der Waals surface area (Å²) < 4.78 is 4.55. The molecule has 0 radical (unpaired) electrons. The first kappa shape index (κ1) is 17.0. The number of amides is 2. The number of rotatable bonds is 3. The van der Waals surface area contributed by atoms with E-state index in [-0.39, 0.29) is 5.91 Å². The van der Waals surface area contributed by atoms with E-state index < -0.39 is 11.5 Å². The Balaban J connectivity index is 1.75. The number of carbonyl (C=O) groups excluding carboxylic acids is 2. The van der Waals surface area contributed by atoms with Crippen LogP contribution in [0.3, 0.4) is 0 Å². The largest absolute Gasteiger partial charge is 0.453 e. The Bertz CT molecular complexity index is 786. The van der Waals surface area contributed by atoms with E-state index in [0.717, 1.165) is 24.8 Å². The van der Waals surface area contributed by atoms with E-state index in [1.807, 2.05) is 19.1 Å². The summed E-state index contributed by atoms with van der Waals surface area (Å²) in [6.07, 6.45) is 2.33. The molecular weight excluding hydrogens is 316 g/mol. The number of ether oxygens (including phenoxy) is 1. The highest BCUT2D eigenvalue weighted by molar-refractivity contribution is 5.99. The molecule has 2 amide bonds. The second kappa shape index (κ2) is 6.97. The lowest BCUT2D eigenvalue weighted by Gasteiger charge is -2.34. The van der Waals surface area contributed by atoms with Gasteiger partial charge in [-0.1, -0.05) is 24.3 Å². The fourth-order valence-electron chi connectivity index (χ4n) is 3.35. The van der Waals surface area contributed by atoms with E-state index in [9.17, 15) is 9.59 Å². The van der Waals surface area contributed by atoms with Crippen LogP contribution in [0.15, 0.2) is 48.5 Å². The minimum Gasteiger partial charge on any atom is -0.453 e. The molecule has 5 nitrogen and oxygen atoms in total. The molecule has 0 heterocycles. The Hall–Kier alpha value is -2.82. The number of nitrogens with one attached hydrogen (secondary N) is 2. The van der Waals surface area contributed by atoms with Crippen molar-refractivity contribution in [1.82, 2.24) is 0 Å². The Labute approximate surface area is 147 Å². The SMILES string of the molecule is COC(=O)Nc1ccc(NC(=O)C2(C)CCCc3ccccc32)cc1. The molecule has 0 saturated heterocycles. The van der Waals surface area contributed by atoms with Gasteiger partial charge in [0.25, 0.3) is 0 Å². The number of carbonyl (C=O) groups is 2. The molecule has 1 aliphatic rings. The predicted octanol–water partition coefficient (Wildman–Crippen LogP) is 4.10. The third-order valence-corrected chi connectivity index (χ3v) is 4.81. The van der Waals surface area contributed by atoms with Crippen LogP contribution in [0.25, 0.3) is 0 Å². The molecule has 3 rings (SSSR count). The summed E-state index contributed by atoms with van der Waals surface area (Å²) >= 11 is 0. The highest BCUT2D eigenvalue weighted by Gasteiger charge is 2.38. The predicted molar refractivity (Wildman–Crippen MR) is 97.8 cm³/mol. The van der Waals surface area contributed by atoms with Gasteiger partial charge in [-0.25, -0.2) is 4.79 Å². The van der Waals surface area contributed by atoms with E-state index in [4.69, 9.17) is 0 Å². The van der Waals surface area contributed by atoms with Gasteiger partial charge in [0.05, 0.1) is 12.5 Å². The Morgan fingerprint density at radius 1 is 1.00 bits per heavy atom. The Morgan fingerprint density at radius 3 is 2.32 bits per heavy atom. The summed E-state index contributed by atoms with van der Waals surface area (Å²) in [6, 6.07) is 15.2. The molecule has 2 aromatic rings. The maximum atomic E-state index is 13.0. The highest BCUT2D eigenvalue weighted by Crippen LogP contribution is 2.38. The van der Waals surface area contributed by atoms with Gasteiger partial charge in [-0.05, 0) is 61.6 Å². The third-order valence-electron chi connectivity index (χ3n) is 4.81. The topological polar surface area (TPSA) is 67.4 Å². The molecule has 2 N–H and O–H groups in total. The number of hydrogen-bond donors (Lipinski definition) is 2. The van der Waals surface area contributed by atoms with Crippen molar-refractivity contribution in [2.75, 3.05) is 17.7 Å². The second-order valence-electron chi connectivity index (χ2n) is 6.49. The van der Waals surface area contributed by atoms with Gasteiger partial charge >= 0.3 is 6.09 Å². The molecule has 0 bridgehead atoms. The average molecular weight is 338 g/mol. The third kappa shape index (κ3) is 3.50. The standard InChI is InChI=1S/C20H22N2O3/c1-20(13-5-7-14-6-3-4-8-17(14)20)18(23)21-15-9-11-16(12-10-15)22-19(24)25-2/h3-4,6,8-12H,5,7,13H2,1-2H3,(H,21,23)(H,22,24). The first-order valence-corrected chi connectivity index (χ1v) is 8.38. The fraction of sp³-hybridized carbons (Fsp3) is 0.300. The van der Waals surface area contributed by atoms with Crippen LogP contribution in [0, 0.1) is 0 Å². The maximum Gasteiger partial charge on any atom is 0.411 e. The molecule has 0 aromatic heterocycles. The van der Waals surface area contributed by atoms with Gasteiger partial charge in [0, 0.05) is 11.4 Å². The van der Waals surface area contributed by atoms with Crippen molar-refractivity contribution in [1.29, 1.82) is 0 Å². The van der Waals surface area contributed by atoms with Crippen molar-refractivity contribution in [2.45, 2.75) is 31.6 Å². The minimum atomic E-state index is -0.530. The van der Waals surface area contributed by atoms with Gasteiger partial charge in [-0.15, -0.1) is 0 Å². The summed E-state index contributed by atoms with van der Waals surface area (Å²) in [5, 5.41) is 5.59. The van der Waals surface area contributed by atoms with Crippen molar-refractivity contribution in [3.8, 4) is 0 Å². The molecule has 130 valence electrons. The minimum absolute atomic E-state index is 0.00618. The van der Waals surface area contributed by atoms with Crippen LogP contribution in [0.1, 0.15) is 30.9 Å². The zero-order chi connectivity index (χ0) is 17.9. The van der Waals surface area contributed by atoms with Gasteiger partial charge in [-0.3, -0.25) is 10.1 Å². The quantitative estimate of drug-likeness (QED) is 0.885. The molecule has 25 heavy (non-hydrogen) atoms. The van der Waals surface area contributed by atoms with Gasteiger partial charge in [0.1, 0.15) is 0 Å². The fourth-order valence-corrected chi connectivity index (χ4v) is 3.35. The van der Waals surface area contributed by atoms with Crippen molar-refractivity contribution >= 4 is 23.4 Å². The normalized spacial score (nSPS) is 18.8. The van der Waals surface area contributed by atoms with Crippen LogP contribution >= 0.6 is 0 Å². The van der Waals surface area contributed by atoms with Crippen LogP contribution in [-0.4, -0.2) is 19.1 Å². The number of aryl methyl sites for hydroxylation is 1. The molecule has 0 aliphatic heterocycles.